The zero-order chi connectivity index (χ0) is 14.0. The van der Waals surface area contributed by atoms with Crippen LogP contribution in [0.3, 0.4) is 0 Å². The maximum absolute atomic E-state index is 9.72. The van der Waals surface area contributed by atoms with Crippen molar-refractivity contribution in [3.05, 3.63) is 29.3 Å². The molecule has 2 unspecified atom stereocenters. The van der Waals surface area contributed by atoms with Crippen molar-refractivity contribution < 1.29 is 9.84 Å². The van der Waals surface area contributed by atoms with Crippen LogP contribution in [-0.4, -0.2) is 37.3 Å². The Morgan fingerprint density at radius 1 is 1.32 bits per heavy atom. The highest BCUT2D eigenvalue weighted by Gasteiger charge is 2.28. The molecule has 2 rings (SSSR count). The summed E-state index contributed by atoms with van der Waals surface area (Å²) in [5.74, 6) is 1.71. The second-order valence-corrected chi connectivity index (χ2v) is 5.96. The molecule has 1 aliphatic heterocycles. The summed E-state index contributed by atoms with van der Waals surface area (Å²) in [6.45, 7) is 5.36. The summed E-state index contributed by atoms with van der Waals surface area (Å²) in [5, 5.41) is 9.72. The van der Waals surface area contributed by atoms with Crippen LogP contribution < -0.4 is 4.74 Å². The van der Waals surface area contributed by atoms with Crippen LogP contribution in [0.1, 0.15) is 31.0 Å². The minimum absolute atomic E-state index is 0.216. The second-order valence-electron chi connectivity index (χ2n) is 5.96. The van der Waals surface area contributed by atoms with Gasteiger partial charge in [-0.2, -0.15) is 0 Å². The highest BCUT2D eigenvalue weighted by molar-refractivity contribution is 5.41. The van der Waals surface area contributed by atoms with Gasteiger partial charge in [-0.05, 0) is 37.2 Å². The Bertz CT molecular complexity index is 429. The van der Waals surface area contributed by atoms with Crippen LogP contribution >= 0.6 is 0 Å². The van der Waals surface area contributed by atoms with Gasteiger partial charge in [-0.15, -0.1) is 0 Å². The Morgan fingerprint density at radius 3 is 2.63 bits per heavy atom. The first-order chi connectivity index (χ1) is 9.04. The lowest BCUT2D eigenvalue weighted by molar-refractivity contribution is 0.100. The monoisotopic (exact) mass is 263 g/mol. The third kappa shape index (κ3) is 2.93. The molecule has 1 aromatic rings. The fourth-order valence-corrected chi connectivity index (χ4v) is 2.99. The van der Waals surface area contributed by atoms with Crippen LogP contribution in [0.4, 0.5) is 0 Å². The topological polar surface area (TPSA) is 32.7 Å². The maximum Gasteiger partial charge on any atom is 0.122 e. The zero-order valence-corrected chi connectivity index (χ0v) is 12.4. The van der Waals surface area contributed by atoms with Crippen molar-refractivity contribution >= 4 is 0 Å². The first-order valence-corrected chi connectivity index (χ1v) is 7.07. The van der Waals surface area contributed by atoms with Gasteiger partial charge < -0.3 is 14.7 Å². The Labute approximate surface area is 116 Å². The summed E-state index contributed by atoms with van der Waals surface area (Å²) < 4.78 is 5.56. The molecule has 0 spiro atoms. The molecule has 0 aromatic heterocycles. The number of ether oxygens (including phenoxy) is 1. The molecule has 2 atom stereocenters. The molecule has 1 aliphatic rings. The molecule has 0 aliphatic carbocycles. The van der Waals surface area contributed by atoms with E-state index in [9.17, 15) is 5.11 Å². The number of hydrogen-bond acceptors (Lipinski definition) is 3. The van der Waals surface area contributed by atoms with E-state index in [2.05, 4.69) is 51.0 Å². The first-order valence-electron chi connectivity index (χ1n) is 7.07. The number of hydrogen-bond donors (Lipinski definition) is 1. The summed E-state index contributed by atoms with van der Waals surface area (Å²) in [7, 11) is 4.17. The standard InChI is InChI=1S/C16H25NO2/c1-11(2)14(10-18)16(17(3)4)13-5-6-15-12(9-13)7-8-19-15/h5-6,9,11,14,16,18H,7-8,10H2,1-4H3. The SMILES string of the molecule is CC(C)C(CO)C(c1ccc2c(c1)CCO2)N(C)C. The third-order valence-electron chi connectivity index (χ3n) is 4.08. The van der Waals surface area contributed by atoms with Gasteiger partial charge in [0, 0.05) is 25.0 Å². The van der Waals surface area contributed by atoms with Crippen molar-refractivity contribution in [1.29, 1.82) is 0 Å². The van der Waals surface area contributed by atoms with E-state index in [4.69, 9.17) is 4.74 Å². The van der Waals surface area contributed by atoms with Gasteiger partial charge in [0.25, 0.3) is 0 Å². The lowest BCUT2D eigenvalue weighted by Crippen LogP contribution is -2.32. The Hall–Kier alpha value is -1.06. The van der Waals surface area contributed by atoms with Crippen molar-refractivity contribution in [2.24, 2.45) is 11.8 Å². The summed E-state index contributed by atoms with van der Waals surface area (Å²) in [5.41, 5.74) is 2.58. The van der Waals surface area contributed by atoms with Gasteiger partial charge in [0.1, 0.15) is 5.75 Å². The molecule has 3 heteroatoms. The summed E-state index contributed by atoms with van der Waals surface area (Å²) >= 11 is 0. The average molecular weight is 263 g/mol. The molecule has 3 nitrogen and oxygen atoms in total. The largest absolute Gasteiger partial charge is 0.493 e. The van der Waals surface area contributed by atoms with Crippen LogP contribution in [-0.2, 0) is 6.42 Å². The molecule has 0 amide bonds. The van der Waals surface area contributed by atoms with Crippen LogP contribution in [0.5, 0.6) is 5.75 Å². The summed E-state index contributed by atoms with van der Waals surface area (Å²) in [6.07, 6.45) is 0.995. The quantitative estimate of drug-likeness (QED) is 0.886. The molecular weight excluding hydrogens is 238 g/mol. The Morgan fingerprint density at radius 2 is 2.05 bits per heavy atom. The average Bonchev–Trinajstić information content (AvgIpc) is 2.81. The van der Waals surface area contributed by atoms with E-state index in [1.807, 2.05) is 0 Å². The van der Waals surface area contributed by atoms with Crippen molar-refractivity contribution in [2.75, 3.05) is 27.3 Å². The molecule has 0 saturated heterocycles. The summed E-state index contributed by atoms with van der Waals surface area (Å²) in [6, 6.07) is 6.71. The number of rotatable bonds is 5. The fourth-order valence-electron chi connectivity index (χ4n) is 2.99. The van der Waals surface area contributed by atoms with Gasteiger partial charge in [0.05, 0.1) is 6.61 Å². The van der Waals surface area contributed by atoms with Crippen LogP contribution in [0, 0.1) is 11.8 Å². The summed E-state index contributed by atoms with van der Waals surface area (Å²) in [4.78, 5) is 2.21. The van der Waals surface area contributed by atoms with E-state index < -0.39 is 0 Å². The van der Waals surface area contributed by atoms with Gasteiger partial charge in [-0.25, -0.2) is 0 Å². The lowest BCUT2D eigenvalue weighted by atomic mass is 9.84. The minimum atomic E-state index is 0.216. The van der Waals surface area contributed by atoms with Gasteiger partial charge in [0.15, 0.2) is 0 Å². The highest BCUT2D eigenvalue weighted by atomic mass is 16.5. The van der Waals surface area contributed by atoms with E-state index in [0.717, 1.165) is 18.8 Å². The molecule has 0 radical (unpaired) electrons. The van der Waals surface area contributed by atoms with Crippen molar-refractivity contribution in [1.82, 2.24) is 4.90 Å². The van der Waals surface area contributed by atoms with Crippen LogP contribution in [0.15, 0.2) is 18.2 Å². The van der Waals surface area contributed by atoms with Gasteiger partial charge >= 0.3 is 0 Å². The van der Waals surface area contributed by atoms with E-state index in [1.54, 1.807) is 0 Å². The number of aliphatic hydroxyl groups excluding tert-OH is 1. The fraction of sp³-hybridized carbons (Fsp3) is 0.625. The molecule has 0 saturated carbocycles. The minimum Gasteiger partial charge on any atom is -0.493 e. The predicted molar refractivity (Wildman–Crippen MR) is 77.5 cm³/mol. The molecule has 0 bridgehead atoms. The number of fused-ring (bicyclic) bond motifs is 1. The van der Waals surface area contributed by atoms with Crippen molar-refractivity contribution in [3.63, 3.8) is 0 Å². The molecule has 1 N–H and O–H groups in total. The lowest BCUT2D eigenvalue weighted by Gasteiger charge is -2.34. The first kappa shape index (κ1) is 14.4. The van der Waals surface area contributed by atoms with Gasteiger partial charge in [-0.3, -0.25) is 0 Å². The number of aliphatic hydroxyl groups is 1. The smallest absolute Gasteiger partial charge is 0.122 e. The van der Waals surface area contributed by atoms with E-state index in [-0.39, 0.29) is 18.6 Å². The van der Waals surface area contributed by atoms with Crippen molar-refractivity contribution in [3.8, 4) is 5.75 Å². The van der Waals surface area contributed by atoms with E-state index in [0.29, 0.717) is 5.92 Å². The molecule has 0 fully saturated rings. The van der Waals surface area contributed by atoms with Crippen molar-refractivity contribution in [2.45, 2.75) is 26.3 Å². The highest BCUT2D eigenvalue weighted by Crippen LogP contribution is 2.35. The third-order valence-corrected chi connectivity index (χ3v) is 4.08. The molecule has 1 aromatic carbocycles. The van der Waals surface area contributed by atoms with E-state index >= 15 is 0 Å². The number of nitrogens with zero attached hydrogens (tertiary/aromatic N) is 1. The molecular formula is C16H25NO2. The normalized spacial score (nSPS) is 17.4. The van der Waals surface area contributed by atoms with Gasteiger partial charge in [-0.1, -0.05) is 26.0 Å². The Kier molecular flexibility index (Phi) is 4.48. The molecule has 106 valence electrons. The van der Waals surface area contributed by atoms with Gasteiger partial charge in [0.2, 0.25) is 0 Å². The molecule has 1 heterocycles. The van der Waals surface area contributed by atoms with Crippen LogP contribution in [0.2, 0.25) is 0 Å². The predicted octanol–water partition coefficient (Wildman–Crippen LogP) is 2.49. The number of benzene rings is 1. The molecule has 19 heavy (non-hydrogen) atoms. The second kappa shape index (κ2) is 5.93. The Balaban J connectivity index is 2.33. The van der Waals surface area contributed by atoms with Crippen LogP contribution in [0.25, 0.3) is 0 Å². The van der Waals surface area contributed by atoms with E-state index in [1.165, 1.54) is 11.1 Å². The zero-order valence-electron chi connectivity index (χ0n) is 12.4. The maximum atomic E-state index is 9.72.